The normalized spacial score (nSPS) is 9.95. The first-order chi connectivity index (χ1) is 10.1. The van der Waals surface area contributed by atoms with E-state index in [1.54, 1.807) is 17.5 Å². The maximum absolute atomic E-state index is 11.5. The van der Waals surface area contributed by atoms with Crippen molar-refractivity contribution < 1.29 is 23.5 Å². The molecule has 21 heavy (non-hydrogen) atoms. The molecule has 0 aliphatic heterocycles. The van der Waals surface area contributed by atoms with Crippen LogP contribution in [0.4, 0.5) is 0 Å². The minimum atomic E-state index is -0.777. The molecule has 0 bridgehead atoms. The van der Waals surface area contributed by atoms with Crippen LogP contribution in [0.2, 0.25) is 0 Å². The molecule has 110 valence electrons. The Balaban J connectivity index is 1.72. The van der Waals surface area contributed by atoms with Gasteiger partial charge < -0.3 is 9.15 Å². The van der Waals surface area contributed by atoms with Crippen LogP contribution < -0.4 is 10.9 Å². The number of hydrazine groups is 1. The van der Waals surface area contributed by atoms with Crippen molar-refractivity contribution in [3.63, 3.8) is 0 Å². The van der Waals surface area contributed by atoms with Crippen molar-refractivity contribution in [2.75, 3.05) is 6.61 Å². The van der Waals surface area contributed by atoms with Gasteiger partial charge in [-0.2, -0.15) is 0 Å². The molecule has 2 aromatic rings. The van der Waals surface area contributed by atoms with E-state index >= 15 is 0 Å². The number of amides is 2. The largest absolute Gasteiger partial charge is 0.450 e. The molecule has 2 heterocycles. The van der Waals surface area contributed by atoms with Gasteiger partial charge in [0.05, 0.1) is 4.88 Å². The fourth-order valence-electron chi connectivity index (χ4n) is 1.26. The van der Waals surface area contributed by atoms with Crippen LogP contribution in [0.3, 0.4) is 0 Å². The third kappa shape index (κ3) is 4.43. The fraction of sp³-hybridized carbons (Fsp3) is 0.0833. The molecular formula is C12H9BrN2O5S. The lowest BCUT2D eigenvalue weighted by Crippen LogP contribution is -2.43. The molecule has 0 spiro atoms. The van der Waals surface area contributed by atoms with Crippen molar-refractivity contribution in [1.82, 2.24) is 10.9 Å². The molecular weight excluding hydrogens is 364 g/mol. The number of rotatable bonds is 4. The van der Waals surface area contributed by atoms with Gasteiger partial charge in [0.25, 0.3) is 11.8 Å². The summed E-state index contributed by atoms with van der Waals surface area (Å²) in [5.74, 6) is -1.92. The number of furan rings is 1. The van der Waals surface area contributed by atoms with E-state index in [2.05, 4.69) is 26.8 Å². The maximum atomic E-state index is 11.5. The number of ether oxygens (including phenoxy) is 1. The molecule has 0 saturated carbocycles. The summed E-state index contributed by atoms with van der Waals surface area (Å²) in [6.45, 7) is -0.540. The minimum absolute atomic E-state index is 0.0303. The van der Waals surface area contributed by atoms with Crippen molar-refractivity contribution in [2.24, 2.45) is 0 Å². The Morgan fingerprint density at radius 1 is 1.24 bits per heavy atom. The van der Waals surface area contributed by atoms with Gasteiger partial charge in [0, 0.05) is 0 Å². The molecule has 0 saturated heterocycles. The van der Waals surface area contributed by atoms with E-state index in [9.17, 15) is 14.4 Å². The molecule has 0 aliphatic carbocycles. The summed E-state index contributed by atoms with van der Waals surface area (Å²) in [7, 11) is 0. The first-order valence-electron chi connectivity index (χ1n) is 5.61. The molecule has 2 amide bonds. The summed E-state index contributed by atoms with van der Waals surface area (Å²) in [5.41, 5.74) is 4.34. The molecule has 2 aromatic heterocycles. The molecule has 9 heteroatoms. The van der Waals surface area contributed by atoms with E-state index in [-0.39, 0.29) is 5.76 Å². The monoisotopic (exact) mass is 372 g/mol. The number of esters is 1. The van der Waals surface area contributed by atoms with Gasteiger partial charge >= 0.3 is 5.97 Å². The lowest BCUT2D eigenvalue weighted by molar-refractivity contribution is -0.125. The van der Waals surface area contributed by atoms with Crippen molar-refractivity contribution >= 4 is 45.1 Å². The van der Waals surface area contributed by atoms with Crippen LogP contribution >= 0.6 is 27.3 Å². The number of halogens is 1. The summed E-state index contributed by atoms with van der Waals surface area (Å²) in [6.07, 6.45) is 0. The Hall–Kier alpha value is -2.13. The second-order valence-corrected chi connectivity index (χ2v) is 5.39. The smallest absolute Gasteiger partial charge is 0.374 e. The average molecular weight is 373 g/mol. The predicted octanol–water partition coefficient (Wildman–Crippen LogP) is 1.72. The van der Waals surface area contributed by atoms with Gasteiger partial charge in [-0.05, 0) is 39.5 Å². The first-order valence-corrected chi connectivity index (χ1v) is 7.28. The summed E-state index contributed by atoms with van der Waals surface area (Å²) >= 11 is 4.27. The Labute approximate surface area is 131 Å². The molecule has 0 atom stereocenters. The van der Waals surface area contributed by atoms with E-state index in [1.165, 1.54) is 23.5 Å². The summed E-state index contributed by atoms with van der Waals surface area (Å²) in [5, 5.41) is 1.74. The van der Waals surface area contributed by atoms with Gasteiger partial charge in [0.2, 0.25) is 5.76 Å². The lowest BCUT2D eigenvalue weighted by Gasteiger charge is -2.06. The van der Waals surface area contributed by atoms with Crippen LogP contribution in [0.1, 0.15) is 20.2 Å². The van der Waals surface area contributed by atoms with Crippen LogP contribution in [-0.4, -0.2) is 24.4 Å². The van der Waals surface area contributed by atoms with Crippen LogP contribution in [0.15, 0.2) is 38.7 Å². The fourth-order valence-corrected chi connectivity index (χ4v) is 2.18. The summed E-state index contributed by atoms with van der Waals surface area (Å²) in [6, 6.07) is 6.26. The highest BCUT2D eigenvalue weighted by atomic mass is 79.9. The maximum Gasteiger partial charge on any atom is 0.374 e. The molecule has 0 unspecified atom stereocenters. The number of carbonyl (C=O) groups excluding carboxylic acids is 3. The van der Waals surface area contributed by atoms with Crippen LogP contribution in [0, 0.1) is 0 Å². The number of thiophene rings is 1. The van der Waals surface area contributed by atoms with Crippen LogP contribution in [0.25, 0.3) is 0 Å². The molecule has 2 rings (SSSR count). The minimum Gasteiger partial charge on any atom is -0.450 e. The zero-order chi connectivity index (χ0) is 15.2. The van der Waals surface area contributed by atoms with E-state index in [0.717, 1.165) is 0 Å². The zero-order valence-corrected chi connectivity index (χ0v) is 12.8. The highest BCUT2D eigenvalue weighted by Gasteiger charge is 2.14. The lowest BCUT2D eigenvalue weighted by atomic mass is 10.4. The van der Waals surface area contributed by atoms with Gasteiger partial charge in [-0.15, -0.1) is 11.3 Å². The van der Waals surface area contributed by atoms with Gasteiger partial charge in [-0.3, -0.25) is 20.4 Å². The molecule has 7 nitrogen and oxygen atoms in total. The SMILES string of the molecule is O=C(COC(=O)c1ccc(Br)o1)NNC(=O)c1cccs1. The number of carbonyl (C=O) groups is 3. The van der Waals surface area contributed by atoms with E-state index in [4.69, 9.17) is 9.15 Å². The van der Waals surface area contributed by atoms with Crippen LogP contribution in [0.5, 0.6) is 0 Å². The zero-order valence-electron chi connectivity index (χ0n) is 10.4. The molecule has 2 N–H and O–H groups in total. The van der Waals surface area contributed by atoms with Crippen molar-refractivity contribution in [1.29, 1.82) is 0 Å². The van der Waals surface area contributed by atoms with Crippen molar-refractivity contribution in [2.45, 2.75) is 0 Å². The second-order valence-electron chi connectivity index (χ2n) is 3.66. The Kier molecular flexibility index (Phi) is 5.12. The third-order valence-electron chi connectivity index (χ3n) is 2.17. The first kappa shape index (κ1) is 15.3. The number of nitrogens with one attached hydrogen (secondary N) is 2. The Morgan fingerprint density at radius 3 is 2.67 bits per heavy atom. The van der Waals surface area contributed by atoms with Gasteiger partial charge in [-0.1, -0.05) is 6.07 Å². The topological polar surface area (TPSA) is 97.6 Å². The predicted molar refractivity (Wildman–Crippen MR) is 76.6 cm³/mol. The molecule has 0 aliphatic rings. The van der Waals surface area contributed by atoms with Gasteiger partial charge in [0.1, 0.15) is 0 Å². The van der Waals surface area contributed by atoms with E-state index in [1.807, 2.05) is 0 Å². The van der Waals surface area contributed by atoms with E-state index in [0.29, 0.717) is 9.55 Å². The number of hydrogen-bond donors (Lipinski definition) is 2. The van der Waals surface area contributed by atoms with Gasteiger partial charge in [-0.25, -0.2) is 4.79 Å². The summed E-state index contributed by atoms with van der Waals surface area (Å²) in [4.78, 5) is 34.9. The second kappa shape index (κ2) is 7.04. The average Bonchev–Trinajstić information content (AvgIpc) is 3.13. The standard InChI is InChI=1S/C12H9BrN2O5S/c13-9-4-3-7(20-9)12(18)19-6-10(16)14-15-11(17)8-2-1-5-21-8/h1-5H,6H2,(H,14,16)(H,15,17). The quantitative estimate of drug-likeness (QED) is 0.628. The summed E-state index contributed by atoms with van der Waals surface area (Å²) < 4.78 is 10.1. The van der Waals surface area contributed by atoms with Crippen molar-refractivity contribution in [3.05, 3.63) is 45.0 Å². The van der Waals surface area contributed by atoms with Gasteiger partial charge in [0.15, 0.2) is 11.3 Å². The molecule has 0 aromatic carbocycles. The van der Waals surface area contributed by atoms with Crippen molar-refractivity contribution in [3.8, 4) is 0 Å². The van der Waals surface area contributed by atoms with E-state index < -0.39 is 24.4 Å². The number of hydrogen-bond acceptors (Lipinski definition) is 6. The highest BCUT2D eigenvalue weighted by molar-refractivity contribution is 9.10. The Morgan fingerprint density at radius 2 is 2.05 bits per heavy atom. The molecule has 0 radical (unpaired) electrons. The Bertz CT molecular complexity index is 652. The third-order valence-corrected chi connectivity index (χ3v) is 3.46. The highest BCUT2D eigenvalue weighted by Crippen LogP contribution is 2.14. The van der Waals surface area contributed by atoms with Crippen LogP contribution in [-0.2, 0) is 9.53 Å². The molecule has 0 fully saturated rings.